The molecular weight excluding hydrogens is 248 g/mol. The van der Waals surface area contributed by atoms with Crippen LogP contribution in [0.4, 0.5) is 0 Å². The number of fused-ring (bicyclic) bond motifs is 1. The van der Waals surface area contributed by atoms with Crippen LogP contribution in [0, 0.1) is 0 Å². The van der Waals surface area contributed by atoms with Gasteiger partial charge in [0, 0.05) is 22.7 Å². The number of aromatic nitrogens is 1. The molecule has 1 unspecified atom stereocenters. The highest BCUT2D eigenvalue weighted by atomic mass is 16.5. The molecule has 2 rings (SSSR count). The number of aliphatic hydroxyl groups excluding tert-OH is 1. The van der Waals surface area contributed by atoms with Crippen molar-refractivity contribution in [3.8, 4) is 0 Å². The summed E-state index contributed by atoms with van der Waals surface area (Å²) in [6, 6.07) is 7.04. The second-order valence-corrected chi connectivity index (χ2v) is 4.03. The van der Waals surface area contributed by atoms with Gasteiger partial charge in [0.15, 0.2) is 6.10 Å². The zero-order chi connectivity index (χ0) is 13.8. The van der Waals surface area contributed by atoms with Gasteiger partial charge in [0.2, 0.25) is 0 Å². The lowest BCUT2D eigenvalue weighted by molar-refractivity contribution is -0.149. The van der Waals surface area contributed by atoms with Crippen molar-refractivity contribution in [1.29, 1.82) is 0 Å². The van der Waals surface area contributed by atoms with E-state index < -0.39 is 12.1 Å². The van der Waals surface area contributed by atoms with E-state index in [2.05, 4.69) is 15.0 Å². The molecule has 0 saturated carbocycles. The van der Waals surface area contributed by atoms with E-state index in [-0.39, 0.29) is 12.5 Å². The van der Waals surface area contributed by atoms with E-state index in [1.807, 2.05) is 6.07 Å². The first-order chi connectivity index (χ1) is 9.11. The molecule has 1 aromatic heterocycles. The molecule has 6 heteroatoms. The van der Waals surface area contributed by atoms with E-state index in [1.165, 1.54) is 7.11 Å². The average molecular weight is 262 g/mol. The smallest absolute Gasteiger partial charge is 0.336 e. The number of carbonyl (C=O) groups is 2. The summed E-state index contributed by atoms with van der Waals surface area (Å²) in [5.74, 6) is -1.13. The Balaban J connectivity index is 2.01. The third-order valence-electron chi connectivity index (χ3n) is 2.74. The fraction of sp³-hybridized carbons (Fsp3) is 0.231. The predicted octanol–water partition coefficient (Wildman–Crippen LogP) is 0.432. The van der Waals surface area contributed by atoms with Gasteiger partial charge < -0.3 is 20.1 Å². The maximum Gasteiger partial charge on any atom is 0.336 e. The van der Waals surface area contributed by atoms with Crippen LogP contribution in [0.1, 0.15) is 10.4 Å². The average Bonchev–Trinajstić information content (AvgIpc) is 2.90. The van der Waals surface area contributed by atoms with Gasteiger partial charge in [0.05, 0.1) is 13.7 Å². The van der Waals surface area contributed by atoms with Crippen molar-refractivity contribution in [2.24, 2.45) is 0 Å². The fourth-order valence-electron chi connectivity index (χ4n) is 1.71. The van der Waals surface area contributed by atoms with Crippen LogP contribution in [0.2, 0.25) is 0 Å². The van der Waals surface area contributed by atoms with Crippen LogP contribution < -0.4 is 5.32 Å². The summed E-state index contributed by atoms with van der Waals surface area (Å²) in [6.07, 6.45) is 0.429. The number of aliphatic hydroxyl groups is 1. The third-order valence-corrected chi connectivity index (χ3v) is 2.74. The second kappa shape index (κ2) is 5.53. The Hall–Kier alpha value is -2.34. The van der Waals surface area contributed by atoms with Crippen LogP contribution in [0.15, 0.2) is 30.5 Å². The lowest BCUT2D eigenvalue weighted by Gasteiger charge is -2.09. The lowest BCUT2D eigenvalue weighted by atomic mass is 10.1. The van der Waals surface area contributed by atoms with Gasteiger partial charge in [-0.3, -0.25) is 4.79 Å². The Bertz CT molecular complexity index is 605. The molecule has 0 spiro atoms. The highest BCUT2D eigenvalue weighted by Gasteiger charge is 2.16. The Morgan fingerprint density at radius 3 is 2.95 bits per heavy atom. The molecule has 2 aromatic rings. The summed E-state index contributed by atoms with van der Waals surface area (Å²) in [7, 11) is 1.17. The first kappa shape index (κ1) is 13.1. The summed E-state index contributed by atoms with van der Waals surface area (Å²) in [5.41, 5.74) is 1.40. The number of benzene rings is 1. The Kier molecular flexibility index (Phi) is 3.82. The third kappa shape index (κ3) is 2.92. The first-order valence-electron chi connectivity index (χ1n) is 5.73. The highest BCUT2D eigenvalue weighted by molar-refractivity contribution is 5.98. The van der Waals surface area contributed by atoms with E-state index in [9.17, 15) is 14.7 Å². The standard InChI is InChI=1S/C13H14N2O4/c1-19-13(18)11(16)7-15-12(17)9-2-3-10-8(6-9)4-5-14-10/h2-6,11,14,16H,7H2,1H3,(H,15,17). The fourth-order valence-corrected chi connectivity index (χ4v) is 1.71. The quantitative estimate of drug-likeness (QED) is 0.697. The summed E-state index contributed by atoms with van der Waals surface area (Å²) < 4.78 is 4.35. The SMILES string of the molecule is COC(=O)C(O)CNC(=O)c1ccc2[nH]ccc2c1. The van der Waals surface area contributed by atoms with Gasteiger partial charge in [0.25, 0.3) is 5.91 Å². The maximum absolute atomic E-state index is 11.8. The molecule has 0 radical (unpaired) electrons. The minimum absolute atomic E-state index is 0.184. The Morgan fingerprint density at radius 2 is 2.21 bits per heavy atom. The monoisotopic (exact) mass is 262 g/mol. The molecule has 19 heavy (non-hydrogen) atoms. The second-order valence-electron chi connectivity index (χ2n) is 4.03. The Labute approximate surface area is 109 Å². The van der Waals surface area contributed by atoms with Gasteiger partial charge in [-0.1, -0.05) is 0 Å². The summed E-state index contributed by atoms with van der Waals surface area (Å²) in [5, 5.41) is 12.7. The number of rotatable bonds is 4. The normalized spacial score (nSPS) is 12.1. The first-order valence-corrected chi connectivity index (χ1v) is 5.73. The van der Waals surface area contributed by atoms with Crippen LogP contribution >= 0.6 is 0 Å². The van der Waals surface area contributed by atoms with E-state index in [4.69, 9.17) is 0 Å². The molecule has 0 bridgehead atoms. The van der Waals surface area contributed by atoms with Crippen molar-refractivity contribution in [2.75, 3.05) is 13.7 Å². The number of ether oxygens (including phenoxy) is 1. The molecule has 0 fully saturated rings. The number of esters is 1. The molecule has 1 amide bonds. The molecule has 0 saturated heterocycles. The molecule has 1 atom stereocenters. The van der Waals surface area contributed by atoms with Crippen molar-refractivity contribution < 1.29 is 19.4 Å². The highest BCUT2D eigenvalue weighted by Crippen LogP contribution is 2.14. The summed E-state index contributed by atoms with van der Waals surface area (Å²) in [4.78, 5) is 25.8. The number of methoxy groups -OCH3 is 1. The molecular formula is C13H14N2O4. The molecule has 0 aliphatic carbocycles. The van der Waals surface area contributed by atoms with Crippen molar-refractivity contribution in [1.82, 2.24) is 10.3 Å². The van der Waals surface area contributed by atoms with Crippen LogP contribution in [0.5, 0.6) is 0 Å². The van der Waals surface area contributed by atoms with Crippen molar-refractivity contribution in [3.05, 3.63) is 36.0 Å². The van der Waals surface area contributed by atoms with Gasteiger partial charge in [-0.25, -0.2) is 4.79 Å². The molecule has 0 aliphatic heterocycles. The Morgan fingerprint density at radius 1 is 1.42 bits per heavy atom. The maximum atomic E-state index is 11.8. The van der Waals surface area contributed by atoms with E-state index >= 15 is 0 Å². The number of amides is 1. The predicted molar refractivity (Wildman–Crippen MR) is 68.7 cm³/mol. The van der Waals surface area contributed by atoms with E-state index in [1.54, 1.807) is 24.4 Å². The lowest BCUT2D eigenvalue weighted by Crippen LogP contribution is -2.37. The summed E-state index contributed by atoms with van der Waals surface area (Å²) in [6.45, 7) is -0.184. The van der Waals surface area contributed by atoms with Crippen LogP contribution in [-0.4, -0.2) is 41.7 Å². The summed E-state index contributed by atoms with van der Waals surface area (Å²) >= 11 is 0. The molecule has 6 nitrogen and oxygen atoms in total. The van der Waals surface area contributed by atoms with Crippen molar-refractivity contribution in [2.45, 2.75) is 6.10 Å². The molecule has 1 heterocycles. The van der Waals surface area contributed by atoms with Crippen molar-refractivity contribution >= 4 is 22.8 Å². The topological polar surface area (TPSA) is 91.4 Å². The van der Waals surface area contributed by atoms with Crippen LogP contribution in [0.3, 0.4) is 0 Å². The largest absolute Gasteiger partial charge is 0.467 e. The number of hydrogen-bond donors (Lipinski definition) is 3. The minimum atomic E-state index is -1.36. The van der Waals surface area contributed by atoms with Gasteiger partial charge in [-0.05, 0) is 24.3 Å². The van der Waals surface area contributed by atoms with Gasteiger partial charge >= 0.3 is 5.97 Å². The minimum Gasteiger partial charge on any atom is -0.467 e. The van der Waals surface area contributed by atoms with Gasteiger partial charge in [-0.2, -0.15) is 0 Å². The zero-order valence-electron chi connectivity index (χ0n) is 10.3. The number of carbonyl (C=O) groups excluding carboxylic acids is 2. The van der Waals surface area contributed by atoms with Gasteiger partial charge in [0.1, 0.15) is 0 Å². The number of hydrogen-bond acceptors (Lipinski definition) is 4. The zero-order valence-corrected chi connectivity index (χ0v) is 10.3. The molecule has 1 aromatic carbocycles. The van der Waals surface area contributed by atoms with E-state index in [0.29, 0.717) is 5.56 Å². The molecule has 3 N–H and O–H groups in total. The molecule has 100 valence electrons. The van der Waals surface area contributed by atoms with Crippen molar-refractivity contribution in [3.63, 3.8) is 0 Å². The molecule has 0 aliphatic rings. The van der Waals surface area contributed by atoms with Crippen LogP contribution in [-0.2, 0) is 9.53 Å². The number of aromatic amines is 1. The van der Waals surface area contributed by atoms with Gasteiger partial charge in [-0.15, -0.1) is 0 Å². The number of nitrogens with one attached hydrogen (secondary N) is 2. The number of H-pyrrole nitrogens is 1. The van der Waals surface area contributed by atoms with E-state index in [0.717, 1.165) is 10.9 Å². The van der Waals surface area contributed by atoms with Crippen LogP contribution in [0.25, 0.3) is 10.9 Å².